The number of carbonyl (C=O) groups excluding carboxylic acids is 2. The van der Waals surface area contributed by atoms with Crippen molar-refractivity contribution in [1.29, 1.82) is 0 Å². The van der Waals surface area contributed by atoms with Crippen LogP contribution in [-0.4, -0.2) is 16.7 Å². The molecule has 1 N–H and O–H groups in total. The second kappa shape index (κ2) is 4.19. The third-order valence-corrected chi connectivity index (χ3v) is 5.02. The van der Waals surface area contributed by atoms with Gasteiger partial charge in [0.2, 0.25) is 0 Å². The molecule has 1 aromatic rings. The summed E-state index contributed by atoms with van der Waals surface area (Å²) in [7, 11) is 0. The Balaban J connectivity index is 2.13. The highest BCUT2D eigenvalue weighted by Crippen LogP contribution is 2.50. The van der Waals surface area contributed by atoms with Gasteiger partial charge in [-0.15, -0.1) is 0 Å². The van der Waals surface area contributed by atoms with Crippen molar-refractivity contribution in [2.24, 2.45) is 5.92 Å². The smallest absolute Gasteiger partial charge is 0.199 e. The van der Waals surface area contributed by atoms with Crippen LogP contribution in [0.2, 0.25) is 0 Å². The molecule has 19 heavy (non-hydrogen) atoms. The summed E-state index contributed by atoms with van der Waals surface area (Å²) in [4.78, 5) is 23.6. The zero-order valence-electron chi connectivity index (χ0n) is 11.1. The molecular formula is C16H18O3. The first-order valence-electron chi connectivity index (χ1n) is 6.95. The summed E-state index contributed by atoms with van der Waals surface area (Å²) < 4.78 is 0. The maximum absolute atomic E-state index is 11.9. The molecule has 0 aliphatic heterocycles. The molecule has 0 saturated heterocycles. The van der Waals surface area contributed by atoms with Crippen molar-refractivity contribution in [1.82, 2.24) is 0 Å². The lowest BCUT2D eigenvalue weighted by Gasteiger charge is -2.47. The van der Waals surface area contributed by atoms with Gasteiger partial charge in [-0.25, -0.2) is 0 Å². The van der Waals surface area contributed by atoms with E-state index < -0.39 is 0 Å². The third kappa shape index (κ3) is 1.71. The second-order valence-corrected chi connectivity index (χ2v) is 5.81. The first kappa shape index (κ1) is 12.4. The van der Waals surface area contributed by atoms with Crippen LogP contribution in [0.25, 0.3) is 0 Å². The number of Topliss-reactive ketones (excluding diaryl/α,β-unsaturated/α-hetero) is 2. The second-order valence-electron chi connectivity index (χ2n) is 5.81. The van der Waals surface area contributed by atoms with E-state index in [0.29, 0.717) is 12.8 Å². The summed E-state index contributed by atoms with van der Waals surface area (Å²) >= 11 is 0. The van der Waals surface area contributed by atoms with E-state index in [9.17, 15) is 14.7 Å². The maximum Gasteiger partial charge on any atom is 0.199 e. The number of hydrogen-bond acceptors (Lipinski definition) is 3. The maximum atomic E-state index is 11.9. The number of phenolic OH excluding ortho intramolecular Hbond substituents is 1. The van der Waals surface area contributed by atoms with Crippen molar-refractivity contribution in [3.63, 3.8) is 0 Å². The number of fused-ring (bicyclic) bond motifs is 3. The van der Waals surface area contributed by atoms with E-state index in [2.05, 4.69) is 6.92 Å². The zero-order valence-corrected chi connectivity index (χ0v) is 11.1. The van der Waals surface area contributed by atoms with Gasteiger partial charge >= 0.3 is 0 Å². The predicted molar refractivity (Wildman–Crippen MR) is 71.1 cm³/mol. The minimum atomic E-state index is -0.223. The van der Waals surface area contributed by atoms with Gasteiger partial charge in [0.15, 0.2) is 11.6 Å². The Bertz CT molecular complexity index is 561. The molecule has 0 amide bonds. The number of aromatic hydroxyl groups is 1. The summed E-state index contributed by atoms with van der Waals surface area (Å²) in [5.74, 6) is 0.136. The molecule has 2 aliphatic carbocycles. The van der Waals surface area contributed by atoms with E-state index in [1.54, 1.807) is 6.07 Å². The van der Waals surface area contributed by atoms with Crippen molar-refractivity contribution in [3.8, 4) is 5.75 Å². The van der Waals surface area contributed by atoms with Crippen LogP contribution in [0.4, 0.5) is 0 Å². The summed E-state index contributed by atoms with van der Waals surface area (Å²) in [6.07, 6.45) is 3.42. The van der Waals surface area contributed by atoms with E-state index in [1.807, 2.05) is 12.1 Å². The number of carbonyl (C=O) groups is 2. The quantitative estimate of drug-likeness (QED) is 0.787. The SMILES string of the molecule is CC[C@@]12CC(=O)C(=O)C[C@H]1CCc1cc(O)ccc12. The predicted octanol–water partition coefficient (Wildman–Crippen LogP) is 2.53. The lowest BCUT2D eigenvalue weighted by Crippen LogP contribution is -2.47. The summed E-state index contributed by atoms with van der Waals surface area (Å²) in [6.45, 7) is 2.10. The molecule has 3 heteroatoms. The fraction of sp³-hybridized carbons (Fsp3) is 0.500. The summed E-state index contributed by atoms with van der Waals surface area (Å²) in [5, 5.41) is 9.61. The average Bonchev–Trinajstić information content (AvgIpc) is 2.40. The van der Waals surface area contributed by atoms with Crippen molar-refractivity contribution < 1.29 is 14.7 Å². The Hall–Kier alpha value is -1.64. The molecule has 3 rings (SSSR count). The topological polar surface area (TPSA) is 54.4 Å². The number of phenols is 1. The van der Waals surface area contributed by atoms with Crippen molar-refractivity contribution in [2.45, 2.75) is 44.4 Å². The largest absolute Gasteiger partial charge is 0.508 e. The Morgan fingerprint density at radius 3 is 2.84 bits per heavy atom. The molecule has 2 atom stereocenters. The highest BCUT2D eigenvalue weighted by molar-refractivity contribution is 6.38. The van der Waals surface area contributed by atoms with Crippen LogP contribution < -0.4 is 0 Å². The molecule has 0 heterocycles. The molecule has 1 saturated carbocycles. The molecule has 0 spiro atoms. The fourth-order valence-corrected chi connectivity index (χ4v) is 3.96. The molecule has 2 aliphatic rings. The minimum absolute atomic E-state index is 0.188. The van der Waals surface area contributed by atoms with Gasteiger partial charge in [0.1, 0.15) is 5.75 Å². The van der Waals surface area contributed by atoms with Gasteiger partial charge in [0, 0.05) is 18.3 Å². The van der Waals surface area contributed by atoms with Crippen molar-refractivity contribution in [3.05, 3.63) is 29.3 Å². The van der Waals surface area contributed by atoms with E-state index >= 15 is 0 Å². The molecular weight excluding hydrogens is 240 g/mol. The minimum Gasteiger partial charge on any atom is -0.508 e. The Morgan fingerprint density at radius 2 is 2.11 bits per heavy atom. The summed E-state index contributed by atoms with van der Waals surface area (Å²) in [6, 6.07) is 5.45. The first-order chi connectivity index (χ1) is 9.06. The van der Waals surface area contributed by atoms with Crippen LogP contribution in [0.3, 0.4) is 0 Å². The van der Waals surface area contributed by atoms with E-state index in [1.165, 1.54) is 5.56 Å². The van der Waals surface area contributed by atoms with Crippen LogP contribution in [-0.2, 0) is 21.4 Å². The van der Waals surface area contributed by atoms with Crippen molar-refractivity contribution >= 4 is 11.6 Å². The van der Waals surface area contributed by atoms with Gasteiger partial charge in [0.25, 0.3) is 0 Å². The normalized spacial score (nSPS) is 29.8. The van der Waals surface area contributed by atoms with Gasteiger partial charge in [-0.2, -0.15) is 0 Å². The van der Waals surface area contributed by atoms with E-state index in [-0.39, 0.29) is 28.6 Å². The van der Waals surface area contributed by atoms with Crippen LogP contribution >= 0.6 is 0 Å². The standard InChI is InChI=1S/C16H18O3/c1-2-16-9-15(19)14(18)8-11(16)4-3-10-7-12(17)5-6-13(10)16/h5-7,11,17H,2-4,8-9H2,1H3/t11-,16-/m1/s1. The average molecular weight is 258 g/mol. The number of aryl methyl sites for hydroxylation is 1. The molecule has 0 radical (unpaired) electrons. The van der Waals surface area contributed by atoms with Crippen molar-refractivity contribution in [2.75, 3.05) is 0 Å². The Morgan fingerprint density at radius 1 is 1.32 bits per heavy atom. The van der Waals surface area contributed by atoms with Gasteiger partial charge in [-0.3, -0.25) is 9.59 Å². The molecule has 0 aromatic heterocycles. The zero-order chi connectivity index (χ0) is 13.6. The van der Waals surface area contributed by atoms with Gasteiger partial charge in [0.05, 0.1) is 0 Å². The lowest BCUT2D eigenvalue weighted by molar-refractivity contribution is -0.141. The van der Waals surface area contributed by atoms with Gasteiger partial charge in [-0.1, -0.05) is 13.0 Å². The molecule has 3 nitrogen and oxygen atoms in total. The Kier molecular flexibility index (Phi) is 2.73. The van der Waals surface area contributed by atoms with Crippen LogP contribution in [0.15, 0.2) is 18.2 Å². The van der Waals surface area contributed by atoms with E-state index in [0.717, 1.165) is 24.8 Å². The van der Waals surface area contributed by atoms with Gasteiger partial charge in [-0.05, 0) is 48.4 Å². The number of ketones is 2. The molecule has 0 unspecified atom stereocenters. The monoisotopic (exact) mass is 258 g/mol. The molecule has 100 valence electrons. The highest BCUT2D eigenvalue weighted by atomic mass is 16.3. The molecule has 1 fully saturated rings. The van der Waals surface area contributed by atoms with E-state index in [4.69, 9.17) is 0 Å². The first-order valence-corrected chi connectivity index (χ1v) is 6.95. The van der Waals surface area contributed by atoms with Crippen LogP contribution in [0, 0.1) is 5.92 Å². The lowest BCUT2D eigenvalue weighted by atomic mass is 9.55. The highest BCUT2D eigenvalue weighted by Gasteiger charge is 2.49. The number of hydrogen-bond donors (Lipinski definition) is 1. The summed E-state index contributed by atoms with van der Waals surface area (Å²) in [5.41, 5.74) is 2.12. The molecule has 0 bridgehead atoms. The van der Waals surface area contributed by atoms with Crippen LogP contribution in [0.1, 0.15) is 43.7 Å². The molecule has 1 aromatic carbocycles. The van der Waals surface area contributed by atoms with Crippen LogP contribution in [0.5, 0.6) is 5.75 Å². The Labute approximate surface area is 112 Å². The fourth-order valence-electron chi connectivity index (χ4n) is 3.96. The third-order valence-electron chi connectivity index (χ3n) is 5.02. The number of rotatable bonds is 1. The number of benzene rings is 1. The van der Waals surface area contributed by atoms with Gasteiger partial charge < -0.3 is 5.11 Å².